The quantitative estimate of drug-likeness (QED) is 0.616. The van der Waals surface area contributed by atoms with E-state index < -0.39 is 0 Å². The molecule has 0 saturated carbocycles. The number of ketones is 1. The van der Waals surface area contributed by atoms with Gasteiger partial charge in [0.05, 0.1) is 5.56 Å². The van der Waals surface area contributed by atoms with E-state index in [1.165, 1.54) is 0 Å². The Kier molecular flexibility index (Phi) is 4.51. The maximum atomic E-state index is 12.8. The fourth-order valence-electron chi connectivity index (χ4n) is 2.40. The largest absolute Gasteiger partial charge is 0.288 e. The molecular weight excluding hydrogens is 331 g/mol. The summed E-state index contributed by atoms with van der Waals surface area (Å²) in [4.78, 5) is 12.8. The molecule has 0 amide bonds. The summed E-state index contributed by atoms with van der Waals surface area (Å²) in [6.45, 7) is 2.64. The Morgan fingerprint density at radius 3 is 2.35 bits per heavy atom. The van der Waals surface area contributed by atoms with Crippen molar-refractivity contribution >= 4 is 29.0 Å². The van der Waals surface area contributed by atoms with Crippen LogP contribution in [0, 0.1) is 0 Å². The van der Waals surface area contributed by atoms with Gasteiger partial charge in [-0.05, 0) is 25.1 Å². The van der Waals surface area contributed by atoms with E-state index in [2.05, 4.69) is 5.10 Å². The van der Waals surface area contributed by atoms with E-state index in [-0.39, 0.29) is 5.78 Å². The summed E-state index contributed by atoms with van der Waals surface area (Å²) in [5.74, 6) is -0.0728. The SMILES string of the molecule is CCn1cc(C(=O)c2ccccc2)c(-c2cc(Cl)cc(Cl)c2)n1. The minimum Gasteiger partial charge on any atom is -0.288 e. The standard InChI is InChI=1S/C18H14Cl2N2O/c1-2-22-11-16(18(23)12-6-4-3-5-7-12)17(21-22)13-8-14(19)10-15(20)9-13/h3-11H,2H2,1H3. The second-order valence-corrected chi connectivity index (χ2v) is 5.97. The van der Waals surface area contributed by atoms with Crippen molar-refractivity contribution in [3.8, 4) is 11.3 Å². The van der Waals surface area contributed by atoms with E-state index >= 15 is 0 Å². The van der Waals surface area contributed by atoms with Gasteiger partial charge < -0.3 is 0 Å². The van der Waals surface area contributed by atoms with E-state index in [0.29, 0.717) is 33.4 Å². The molecule has 116 valence electrons. The first kappa shape index (κ1) is 15.8. The maximum absolute atomic E-state index is 12.8. The van der Waals surface area contributed by atoms with Gasteiger partial charge in [0.25, 0.3) is 0 Å². The van der Waals surface area contributed by atoms with Crippen molar-refractivity contribution in [1.82, 2.24) is 9.78 Å². The first-order valence-corrected chi connectivity index (χ1v) is 7.97. The monoisotopic (exact) mass is 344 g/mol. The molecule has 0 aliphatic rings. The van der Waals surface area contributed by atoms with Crippen molar-refractivity contribution in [3.63, 3.8) is 0 Å². The van der Waals surface area contributed by atoms with E-state index in [1.54, 1.807) is 41.2 Å². The summed E-state index contributed by atoms with van der Waals surface area (Å²) in [6, 6.07) is 14.3. The van der Waals surface area contributed by atoms with Gasteiger partial charge in [0.1, 0.15) is 5.69 Å². The zero-order valence-corrected chi connectivity index (χ0v) is 14.0. The lowest BCUT2D eigenvalue weighted by Gasteiger charge is -2.04. The van der Waals surface area contributed by atoms with Crippen molar-refractivity contribution in [2.75, 3.05) is 0 Å². The van der Waals surface area contributed by atoms with Gasteiger partial charge in [0.2, 0.25) is 0 Å². The van der Waals surface area contributed by atoms with Crippen molar-refractivity contribution in [2.45, 2.75) is 13.5 Å². The Morgan fingerprint density at radius 2 is 1.74 bits per heavy atom. The molecule has 3 nitrogen and oxygen atoms in total. The van der Waals surface area contributed by atoms with Gasteiger partial charge in [-0.25, -0.2) is 0 Å². The summed E-state index contributed by atoms with van der Waals surface area (Å²) in [5.41, 5.74) is 2.48. The first-order valence-electron chi connectivity index (χ1n) is 7.22. The zero-order chi connectivity index (χ0) is 16.4. The van der Waals surface area contributed by atoms with Crippen LogP contribution >= 0.6 is 23.2 Å². The van der Waals surface area contributed by atoms with Gasteiger partial charge in [-0.15, -0.1) is 0 Å². The Bertz CT molecular complexity index is 836. The summed E-state index contributed by atoms with van der Waals surface area (Å²) in [6.07, 6.45) is 1.76. The number of nitrogens with zero attached hydrogens (tertiary/aromatic N) is 2. The van der Waals surface area contributed by atoms with Crippen LogP contribution in [0.5, 0.6) is 0 Å². The molecule has 3 rings (SSSR count). The predicted octanol–water partition coefficient (Wildman–Crippen LogP) is 5.11. The highest BCUT2D eigenvalue weighted by atomic mass is 35.5. The van der Waals surface area contributed by atoms with Crippen LogP contribution in [0.2, 0.25) is 10.0 Å². The van der Waals surface area contributed by atoms with Crippen LogP contribution in [-0.2, 0) is 6.54 Å². The fraction of sp³-hybridized carbons (Fsp3) is 0.111. The third-order valence-electron chi connectivity index (χ3n) is 3.50. The van der Waals surface area contributed by atoms with Gasteiger partial charge in [-0.2, -0.15) is 5.10 Å². The fourth-order valence-corrected chi connectivity index (χ4v) is 2.92. The van der Waals surface area contributed by atoms with Crippen molar-refractivity contribution < 1.29 is 4.79 Å². The minimum atomic E-state index is -0.0728. The van der Waals surface area contributed by atoms with Gasteiger partial charge >= 0.3 is 0 Å². The van der Waals surface area contributed by atoms with E-state index in [9.17, 15) is 4.79 Å². The van der Waals surface area contributed by atoms with Crippen molar-refractivity contribution in [2.24, 2.45) is 0 Å². The molecule has 0 saturated heterocycles. The molecule has 0 spiro atoms. The molecule has 1 aromatic heterocycles. The van der Waals surface area contributed by atoms with E-state index in [1.807, 2.05) is 25.1 Å². The number of halogens is 2. The summed E-state index contributed by atoms with van der Waals surface area (Å²) >= 11 is 12.2. The van der Waals surface area contributed by atoms with E-state index in [4.69, 9.17) is 23.2 Å². The lowest BCUT2D eigenvalue weighted by molar-refractivity contribution is 0.103. The molecule has 1 heterocycles. The molecule has 0 atom stereocenters. The highest BCUT2D eigenvalue weighted by Crippen LogP contribution is 2.29. The molecule has 0 N–H and O–H groups in total. The molecule has 0 radical (unpaired) electrons. The molecule has 23 heavy (non-hydrogen) atoms. The van der Waals surface area contributed by atoms with Crippen LogP contribution in [0.3, 0.4) is 0 Å². The summed E-state index contributed by atoms with van der Waals surface area (Å²) < 4.78 is 1.74. The van der Waals surface area contributed by atoms with Gasteiger partial charge in [-0.3, -0.25) is 9.48 Å². The van der Waals surface area contributed by atoms with Crippen LogP contribution in [0.1, 0.15) is 22.8 Å². The number of carbonyl (C=O) groups excluding carboxylic acids is 1. The molecule has 3 aromatic rings. The second-order valence-electron chi connectivity index (χ2n) is 5.10. The molecular formula is C18H14Cl2N2O. The smallest absolute Gasteiger partial charge is 0.196 e. The lowest BCUT2D eigenvalue weighted by Crippen LogP contribution is -2.01. The van der Waals surface area contributed by atoms with Gasteiger partial charge in [-0.1, -0.05) is 53.5 Å². The molecule has 0 bridgehead atoms. The van der Waals surface area contributed by atoms with Crippen molar-refractivity contribution in [3.05, 3.63) is 75.9 Å². The van der Waals surface area contributed by atoms with Gasteiger partial charge in [0.15, 0.2) is 5.78 Å². The third-order valence-corrected chi connectivity index (χ3v) is 3.94. The minimum absolute atomic E-state index is 0.0728. The first-order chi connectivity index (χ1) is 11.1. The summed E-state index contributed by atoms with van der Waals surface area (Å²) in [5, 5.41) is 5.53. The topological polar surface area (TPSA) is 34.9 Å². The second kappa shape index (κ2) is 6.57. The zero-order valence-electron chi connectivity index (χ0n) is 12.5. The molecule has 0 unspecified atom stereocenters. The average molecular weight is 345 g/mol. The number of hydrogen-bond acceptors (Lipinski definition) is 2. The Hall–Kier alpha value is -2.10. The Labute approximate surface area is 144 Å². The van der Waals surface area contributed by atoms with Crippen LogP contribution < -0.4 is 0 Å². The number of rotatable bonds is 4. The number of benzene rings is 2. The Balaban J connectivity index is 2.14. The lowest BCUT2D eigenvalue weighted by atomic mass is 10.0. The number of carbonyl (C=O) groups is 1. The predicted molar refractivity (Wildman–Crippen MR) is 93.2 cm³/mol. The molecule has 2 aromatic carbocycles. The maximum Gasteiger partial charge on any atom is 0.196 e. The highest BCUT2D eigenvalue weighted by Gasteiger charge is 2.19. The molecule has 5 heteroatoms. The van der Waals surface area contributed by atoms with Crippen LogP contribution in [0.15, 0.2) is 54.7 Å². The van der Waals surface area contributed by atoms with E-state index in [0.717, 1.165) is 5.56 Å². The van der Waals surface area contributed by atoms with Gasteiger partial charge in [0, 0.05) is 33.9 Å². The molecule has 0 aliphatic carbocycles. The third kappa shape index (κ3) is 3.31. The highest BCUT2D eigenvalue weighted by molar-refractivity contribution is 6.35. The van der Waals surface area contributed by atoms with Crippen LogP contribution in [0.25, 0.3) is 11.3 Å². The number of hydrogen-bond donors (Lipinski definition) is 0. The van der Waals surface area contributed by atoms with Crippen LogP contribution in [-0.4, -0.2) is 15.6 Å². The molecule has 0 fully saturated rings. The van der Waals surface area contributed by atoms with Crippen molar-refractivity contribution in [1.29, 1.82) is 0 Å². The Morgan fingerprint density at radius 1 is 1.09 bits per heavy atom. The summed E-state index contributed by atoms with van der Waals surface area (Å²) in [7, 11) is 0. The number of aromatic nitrogens is 2. The van der Waals surface area contributed by atoms with Crippen LogP contribution in [0.4, 0.5) is 0 Å². The molecule has 0 aliphatic heterocycles. The average Bonchev–Trinajstić information content (AvgIpc) is 2.98. The number of aryl methyl sites for hydroxylation is 1. The normalized spacial score (nSPS) is 10.7.